The van der Waals surface area contributed by atoms with Gasteiger partial charge in [0.1, 0.15) is 6.10 Å². The van der Waals surface area contributed by atoms with Crippen molar-refractivity contribution in [2.75, 3.05) is 0 Å². The Bertz CT molecular complexity index is 358. The van der Waals surface area contributed by atoms with Crippen molar-refractivity contribution in [3.05, 3.63) is 0 Å². The average Bonchev–Trinajstić information content (AvgIpc) is 2.09. The van der Waals surface area contributed by atoms with Gasteiger partial charge in [-0.3, -0.25) is 4.18 Å². The summed E-state index contributed by atoms with van der Waals surface area (Å²) >= 11 is 5.63. The van der Waals surface area contributed by atoms with E-state index < -0.39 is 39.5 Å². The quantitative estimate of drug-likeness (QED) is 0.467. The fourth-order valence-corrected chi connectivity index (χ4v) is 2.50. The molecule has 1 aliphatic heterocycles. The summed E-state index contributed by atoms with van der Waals surface area (Å²) in [4.78, 5) is 0. The Kier molecular flexibility index (Phi) is 4.30. The van der Waals surface area contributed by atoms with Crippen LogP contribution >= 0.6 is 11.6 Å². The van der Waals surface area contributed by atoms with Crippen molar-refractivity contribution in [2.24, 2.45) is 0 Å². The van der Waals surface area contributed by atoms with Crippen molar-refractivity contribution >= 4 is 21.7 Å². The van der Waals surface area contributed by atoms with Crippen LogP contribution in [-0.2, 0) is 19.0 Å². The summed E-state index contributed by atoms with van der Waals surface area (Å²) in [5.74, 6) is 0. The number of ether oxygens (including phenoxy) is 1. The fraction of sp³-hybridized carbons (Fsp3) is 1.00. The van der Waals surface area contributed by atoms with Gasteiger partial charge in [0.15, 0.2) is 6.29 Å². The molecule has 0 radical (unpaired) electrons. The molecular weight excluding hydrogens is 289 g/mol. The zero-order valence-corrected chi connectivity index (χ0v) is 10.1. The lowest BCUT2D eigenvalue weighted by Crippen LogP contribution is -2.48. The SMILES string of the molecule is C[C@@H]1OC(O)C[C@H](Cl)[C@H]1OS(=O)(=O)C(F)(F)F. The largest absolute Gasteiger partial charge is 0.523 e. The monoisotopic (exact) mass is 298 g/mol. The highest BCUT2D eigenvalue weighted by molar-refractivity contribution is 7.87. The maximum absolute atomic E-state index is 12.1. The van der Waals surface area contributed by atoms with Crippen LogP contribution in [0.3, 0.4) is 0 Å². The highest BCUT2D eigenvalue weighted by Crippen LogP contribution is 2.32. The van der Waals surface area contributed by atoms with Gasteiger partial charge >= 0.3 is 15.6 Å². The lowest BCUT2D eigenvalue weighted by atomic mass is 10.1. The van der Waals surface area contributed by atoms with Gasteiger partial charge < -0.3 is 9.84 Å². The number of hydrogen-bond donors (Lipinski definition) is 1. The zero-order chi connectivity index (χ0) is 13.4. The molecule has 1 N–H and O–H groups in total. The predicted octanol–water partition coefficient (Wildman–Crippen LogP) is 0.956. The lowest BCUT2D eigenvalue weighted by Gasteiger charge is -2.34. The van der Waals surface area contributed by atoms with Gasteiger partial charge in [-0.05, 0) is 6.92 Å². The molecule has 1 unspecified atom stereocenters. The Labute approximate surface area is 101 Å². The third-order valence-corrected chi connectivity index (χ3v) is 3.61. The minimum Gasteiger partial charge on any atom is -0.368 e. The maximum Gasteiger partial charge on any atom is 0.523 e. The van der Waals surface area contributed by atoms with Gasteiger partial charge in [0.25, 0.3) is 0 Å². The van der Waals surface area contributed by atoms with Crippen LogP contribution in [0.15, 0.2) is 0 Å². The number of alkyl halides is 4. The van der Waals surface area contributed by atoms with E-state index in [2.05, 4.69) is 4.18 Å². The Hall–Kier alpha value is -0.0900. The molecule has 1 fully saturated rings. The van der Waals surface area contributed by atoms with Crippen LogP contribution in [0.5, 0.6) is 0 Å². The molecule has 0 aromatic carbocycles. The summed E-state index contributed by atoms with van der Waals surface area (Å²) in [7, 11) is -5.73. The topological polar surface area (TPSA) is 72.8 Å². The van der Waals surface area contributed by atoms with Crippen molar-refractivity contribution in [2.45, 2.75) is 42.7 Å². The minimum atomic E-state index is -5.73. The first-order chi connectivity index (χ1) is 7.54. The Balaban J connectivity index is 2.81. The highest BCUT2D eigenvalue weighted by Gasteiger charge is 2.51. The van der Waals surface area contributed by atoms with E-state index in [1.54, 1.807) is 0 Å². The van der Waals surface area contributed by atoms with E-state index in [0.29, 0.717) is 0 Å². The number of aliphatic hydroxyl groups excluding tert-OH is 1. The second-order valence-corrected chi connectivity index (χ2v) is 5.63. The van der Waals surface area contributed by atoms with Gasteiger partial charge in [0.2, 0.25) is 0 Å². The van der Waals surface area contributed by atoms with Crippen molar-refractivity contribution in [3.63, 3.8) is 0 Å². The summed E-state index contributed by atoms with van der Waals surface area (Å²) in [6.07, 6.45) is -4.03. The molecule has 0 saturated carbocycles. The van der Waals surface area contributed by atoms with Gasteiger partial charge in [-0.15, -0.1) is 11.6 Å². The molecule has 102 valence electrons. The Morgan fingerprint density at radius 3 is 2.41 bits per heavy atom. The van der Waals surface area contributed by atoms with Crippen LogP contribution in [0.4, 0.5) is 13.2 Å². The van der Waals surface area contributed by atoms with Crippen molar-refractivity contribution < 1.29 is 35.6 Å². The molecule has 0 aromatic rings. The first-order valence-electron chi connectivity index (χ1n) is 4.52. The second-order valence-electron chi connectivity index (χ2n) is 3.51. The van der Waals surface area contributed by atoms with Crippen molar-refractivity contribution in [1.82, 2.24) is 0 Å². The molecular formula is C7H10ClF3O5S. The molecule has 10 heteroatoms. The van der Waals surface area contributed by atoms with Crippen LogP contribution in [0.2, 0.25) is 0 Å². The van der Waals surface area contributed by atoms with E-state index in [1.165, 1.54) is 6.92 Å². The third kappa shape index (κ3) is 3.44. The van der Waals surface area contributed by atoms with Crippen LogP contribution in [0.25, 0.3) is 0 Å². The fourth-order valence-electron chi connectivity index (χ4n) is 1.34. The van der Waals surface area contributed by atoms with E-state index in [0.717, 1.165) is 0 Å². The number of rotatable bonds is 2. The molecule has 0 spiro atoms. The molecule has 1 rings (SSSR count). The van der Waals surface area contributed by atoms with E-state index >= 15 is 0 Å². The van der Waals surface area contributed by atoms with E-state index in [4.69, 9.17) is 21.4 Å². The Morgan fingerprint density at radius 2 is 2.00 bits per heavy atom. The summed E-state index contributed by atoms with van der Waals surface area (Å²) < 4.78 is 66.5. The van der Waals surface area contributed by atoms with Gasteiger partial charge in [0, 0.05) is 6.42 Å². The van der Waals surface area contributed by atoms with Gasteiger partial charge in [-0.1, -0.05) is 0 Å². The van der Waals surface area contributed by atoms with Crippen LogP contribution in [0, 0.1) is 0 Å². The summed E-state index contributed by atoms with van der Waals surface area (Å²) in [6.45, 7) is 1.26. The second kappa shape index (κ2) is 4.88. The smallest absolute Gasteiger partial charge is 0.368 e. The molecule has 1 aliphatic rings. The molecule has 5 nitrogen and oxygen atoms in total. The summed E-state index contributed by atoms with van der Waals surface area (Å²) in [5.41, 5.74) is -5.51. The summed E-state index contributed by atoms with van der Waals surface area (Å²) in [6, 6.07) is 0. The molecule has 0 amide bonds. The highest BCUT2D eigenvalue weighted by atomic mass is 35.5. The Morgan fingerprint density at radius 1 is 1.47 bits per heavy atom. The number of aliphatic hydroxyl groups is 1. The van der Waals surface area contributed by atoms with Crippen molar-refractivity contribution in [1.29, 1.82) is 0 Å². The molecule has 1 saturated heterocycles. The molecule has 0 aliphatic carbocycles. The van der Waals surface area contributed by atoms with Gasteiger partial charge in [-0.2, -0.15) is 21.6 Å². The third-order valence-electron chi connectivity index (χ3n) is 2.14. The zero-order valence-electron chi connectivity index (χ0n) is 8.52. The molecule has 0 aromatic heterocycles. The number of halogens is 4. The first kappa shape index (κ1) is 15.0. The van der Waals surface area contributed by atoms with Crippen LogP contribution < -0.4 is 0 Å². The molecule has 17 heavy (non-hydrogen) atoms. The van der Waals surface area contributed by atoms with E-state index in [9.17, 15) is 21.6 Å². The normalized spacial score (nSPS) is 35.9. The number of hydrogen-bond acceptors (Lipinski definition) is 5. The lowest BCUT2D eigenvalue weighted by molar-refractivity contribution is -0.187. The standard InChI is InChI=1S/C7H10ClF3O5S/c1-3-6(4(8)2-5(12)15-3)16-17(13,14)7(9,10)11/h3-6,12H,2H2,1H3/t3-,4-,5?,6-/m0/s1. The van der Waals surface area contributed by atoms with Gasteiger partial charge in [0.05, 0.1) is 11.5 Å². The minimum absolute atomic E-state index is 0.218. The molecule has 0 bridgehead atoms. The van der Waals surface area contributed by atoms with Crippen molar-refractivity contribution in [3.8, 4) is 0 Å². The van der Waals surface area contributed by atoms with E-state index in [1.807, 2.05) is 0 Å². The summed E-state index contributed by atoms with van der Waals surface area (Å²) in [5, 5.41) is 8.00. The predicted molar refractivity (Wildman–Crippen MR) is 50.7 cm³/mol. The van der Waals surface area contributed by atoms with Crippen LogP contribution in [0.1, 0.15) is 13.3 Å². The molecule has 1 heterocycles. The first-order valence-corrected chi connectivity index (χ1v) is 6.36. The van der Waals surface area contributed by atoms with Crippen LogP contribution in [-0.4, -0.2) is 42.9 Å². The maximum atomic E-state index is 12.1. The molecule has 4 atom stereocenters. The average molecular weight is 299 g/mol. The van der Waals surface area contributed by atoms with Gasteiger partial charge in [-0.25, -0.2) is 0 Å². The van der Waals surface area contributed by atoms with E-state index in [-0.39, 0.29) is 6.42 Å².